The van der Waals surface area contributed by atoms with Crippen LogP contribution in [0.3, 0.4) is 0 Å². The number of nitrogens with one attached hydrogen (secondary N) is 2. The van der Waals surface area contributed by atoms with E-state index >= 15 is 0 Å². The molecular formula is C19H23N3O3. The second kappa shape index (κ2) is 10.1. The molecule has 0 fully saturated rings. The van der Waals surface area contributed by atoms with Crippen molar-refractivity contribution in [2.24, 2.45) is 0 Å². The molecular weight excluding hydrogens is 318 g/mol. The van der Waals surface area contributed by atoms with Gasteiger partial charge in [-0.3, -0.25) is 14.6 Å². The maximum Gasteiger partial charge on any atom is 0.251 e. The number of carbonyl (C=O) groups is 2. The van der Waals surface area contributed by atoms with E-state index < -0.39 is 0 Å². The smallest absolute Gasteiger partial charge is 0.251 e. The average molecular weight is 341 g/mol. The molecule has 6 nitrogen and oxygen atoms in total. The fourth-order valence-corrected chi connectivity index (χ4v) is 2.15. The number of benzene rings is 1. The molecule has 0 unspecified atom stereocenters. The summed E-state index contributed by atoms with van der Waals surface area (Å²) in [4.78, 5) is 27.8. The first-order valence-corrected chi connectivity index (χ1v) is 8.40. The van der Waals surface area contributed by atoms with Crippen LogP contribution in [-0.4, -0.2) is 36.5 Å². The lowest BCUT2D eigenvalue weighted by Crippen LogP contribution is -2.29. The highest BCUT2D eigenvalue weighted by Crippen LogP contribution is 2.13. The van der Waals surface area contributed by atoms with Crippen molar-refractivity contribution in [3.05, 3.63) is 59.9 Å². The summed E-state index contributed by atoms with van der Waals surface area (Å²) in [6.45, 7) is 3.63. The maximum atomic E-state index is 12.1. The Balaban J connectivity index is 1.69. The van der Waals surface area contributed by atoms with E-state index in [4.69, 9.17) is 4.74 Å². The topological polar surface area (TPSA) is 80.3 Å². The third-order valence-corrected chi connectivity index (χ3v) is 3.44. The van der Waals surface area contributed by atoms with Crippen LogP contribution in [-0.2, 0) is 0 Å². The van der Waals surface area contributed by atoms with Crippen LogP contribution in [0.15, 0.2) is 48.8 Å². The molecule has 2 rings (SSSR count). The first kappa shape index (κ1) is 18.4. The van der Waals surface area contributed by atoms with Crippen LogP contribution >= 0.6 is 0 Å². The van der Waals surface area contributed by atoms with Gasteiger partial charge in [-0.25, -0.2) is 0 Å². The quantitative estimate of drug-likeness (QED) is 0.687. The Hall–Kier alpha value is -2.89. The maximum absolute atomic E-state index is 12.1. The minimum absolute atomic E-state index is 0.144. The Labute approximate surface area is 147 Å². The lowest BCUT2D eigenvalue weighted by molar-refractivity contribution is 0.0951. The highest BCUT2D eigenvalue weighted by atomic mass is 16.5. The van der Waals surface area contributed by atoms with Gasteiger partial charge >= 0.3 is 0 Å². The van der Waals surface area contributed by atoms with E-state index in [-0.39, 0.29) is 11.8 Å². The minimum Gasteiger partial charge on any atom is -0.494 e. The van der Waals surface area contributed by atoms with Crippen LogP contribution in [0.2, 0.25) is 0 Å². The largest absolute Gasteiger partial charge is 0.494 e. The molecule has 2 N–H and O–H groups in total. The van der Waals surface area contributed by atoms with Gasteiger partial charge in [0.05, 0.1) is 6.61 Å². The molecule has 1 aromatic heterocycles. The van der Waals surface area contributed by atoms with Gasteiger partial charge in [0.25, 0.3) is 11.8 Å². The second-order valence-corrected chi connectivity index (χ2v) is 5.48. The van der Waals surface area contributed by atoms with E-state index in [1.165, 1.54) is 0 Å². The number of aromatic nitrogens is 1. The SMILES string of the molecule is CCCOc1cccc(C(=O)NCCCNC(=O)c2ccncc2)c1. The van der Waals surface area contributed by atoms with Gasteiger partial charge in [-0.15, -0.1) is 0 Å². The van der Waals surface area contributed by atoms with Crippen LogP contribution in [0.4, 0.5) is 0 Å². The normalized spacial score (nSPS) is 10.1. The Morgan fingerprint density at radius 3 is 2.36 bits per heavy atom. The summed E-state index contributed by atoms with van der Waals surface area (Å²) in [5, 5.41) is 5.65. The van der Waals surface area contributed by atoms with Gasteiger partial charge in [-0.1, -0.05) is 13.0 Å². The van der Waals surface area contributed by atoms with Crippen molar-refractivity contribution in [3.8, 4) is 5.75 Å². The summed E-state index contributed by atoms with van der Waals surface area (Å²) in [5.41, 5.74) is 1.14. The van der Waals surface area contributed by atoms with Crippen molar-refractivity contribution in [2.45, 2.75) is 19.8 Å². The predicted octanol–water partition coefficient (Wildman–Crippen LogP) is 2.42. The fourth-order valence-electron chi connectivity index (χ4n) is 2.15. The zero-order chi connectivity index (χ0) is 17.9. The fraction of sp³-hybridized carbons (Fsp3) is 0.316. The lowest BCUT2D eigenvalue weighted by Gasteiger charge is -2.09. The predicted molar refractivity (Wildman–Crippen MR) is 95.7 cm³/mol. The third kappa shape index (κ3) is 6.25. The van der Waals surface area contributed by atoms with Gasteiger partial charge < -0.3 is 15.4 Å². The lowest BCUT2D eigenvalue weighted by atomic mass is 10.2. The van der Waals surface area contributed by atoms with Crippen molar-refractivity contribution in [2.75, 3.05) is 19.7 Å². The molecule has 0 aliphatic heterocycles. The molecule has 6 heteroatoms. The molecule has 0 saturated carbocycles. The first-order chi connectivity index (χ1) is 12.2. The molecule has 1 aromatic carbocycles. The number of amides is 2. The molecule has 132 valence electrons. The zero-order valence-corrected chi connectivity index (χ0v) is 14.3. The molecule has 2 aromatic rings. The van der Waals surface area contributed by atoms with Crippen LogP contribution < -0.4 is 15.4 Å². The highest BCUT2D eigenvalue weighted by Gasteiger charge is 2.07. The van der Waals surface area contributed by atoms with Crippen molar-refractivity contribution < 1.29 is 14.3 Å². The van der Waals surface area contributed by atoms with Gasteiger partial charge in [0.15, 0.2) is 0 Å². The molecule has 0 bridgehead atoms. The van der Waals surface area contributed by atoms with E-state index in [1.807, 2.05) is 13.0 Å². The summed E-state index contributed by atoms with van der Waals surface area (Å²) >= 11 is 0. The Morgan fingerprint density at radius 2 is 1.68 bits per heavy atom. The van der Waals surface area contributed by atoms with Gasteiger partial charge in [0, 0.05) is 36.6 Å². The Morgan fingerprint density at radius 1 is 1.00 bits per heavy atom. The number of carbonyl (C=O) groups excluding carboxylic acids is 2. The van der Waals surface area contributed by atoms with Gasteiger partial charge in [-0.05, 0) is 43.2 Å². The standard InChI is InChI=1S/C19H23N3O3/c1-2-13-25-17-6-3-5-16(14-17)19(24)22-10-4-9-21-18(23)15-7-11-20-12-8-15/h3,5-8,11-12,14H,2,4,9-10,13H2,1H3,(H,21,23)(H,22,24). The summed E-state index contributed by atoms with van der Waals surface area (Å²) < 4.78 is 5.53. The summed E-state index contributed by atoms with van der Waals surface area (Å²) in [5.74, 6) is 0.399. The monoisotopic (exact) mass is 341 g/mol. The number of rotatable bonds is 9. The van der Waals surface area contributed by atoms with Crippen LogP contribution in [0, 0.1) is 0 Å². The van der Waals surface area contributed by atoms with Crippen molar-refractivity contribution in [1.29, 1.82) is 0 Å². The van der Waals surface area contributed by atoms with Gasteiger partial charge in [-0.2, -0.15) is 0 Å². The molecule has 0 aliphatic rings. The average Bonchev–Trinajstić information content (AvgIpc) is 2.66. The van der Waals surface area contributed by atoms with Crippen LogP contribution in [0.25, 0.3) is 0 Å². The van der Waals surface area contributed by atoms with Gasteiger partial charge in [0.2, 0.25) is 0 Å². The molecule has 0 saturated heterocycles. The number of pyridine rings is 1. The molecule has 0 radical (unpaired) electrons. The Bertz CT molecular complexity index is 689. The summed E-state index contributed by atoms with van der Waals surface area (Å²) in [6, 6.07) is 10.4. The van der Waals surface area contributed by atoms with Crippen molar-refractivity contribution in [3.63, 3.8) is 0 Å². The van der Waals surface area contributed by atoms with E-state index in [9.17, 15) is 9.59 Å². The van der Waals surface area contributed by atoms with Gasteiger partial charge in [0.1, 0.15) is 5.75 Å². The van der Waals surface area contributed by atoms with Crippen molar-refractivity contribution in [1.82, 2.24) is 15.6 Å². The van der Waals surface area contributed by atoms with Crippen molar-refractivity contribution >= 4 is 11.8 Å². The Kier molecular flexibility index (Phi) is 7.43. The van der Waals surface area contributed by atoms with Crippen LogP contribution in [0.5, 0.6) is 5.75 Å². The number of ether oxygens (including phenoxy) is 1. The number of hydrogen-bond donors (Lipinski definition) is 2. The molecule has 0 spiro atoms. The third-order valence-electron chi connectivity index (χ3n) is 3.44. The molecule has 25 heavy (non-hydrogen) atoms. The van der Waals surface area contributed by atoms with Crippen LogP contribution in [0.1, 0.15) is 40.5 Å². The molecule has 1 heterocycles. The molecule has 2 amide bonds. The van der Waals surface area contributed by atoms with E-state index in [1.54, 1.807) is 42.7 Å². The first-order valence-electron chi connectivity index (χ1n) is 8.40. The second-order valence-electron chi connectivity index (χ2n) is 5.48. The van der Waals surface area contributed by atoms with E-state index in [2.05, 4.69) is 15.6 Å². The summed E-state index contributed by atoms with van der Waals surface area (Å²) in [7, 11) is 0. The van der Waals surface area contributed by atoms with E-state index in [0.717, 1.165) is 6.42 Å². The highest BCUT2D eigenvalue weighted by molar-refractivity contribution is 5.94. The number of nitrogens with zero attached hydrogens (tertiary/aromatic N) is 1. The summed E-state index contributed by atoms with van der Waals surface area (Å²) in [6.07, 6.45) is 4.72. The minimum atomic E-state index is -0.151. The molecule has 0 aliphatic carbocycles. The molecule has 0 atom stereocenters. The number of hydrogen-bond acceptors (Lipinski definition) is 4. The zero-order valence-electron chi connectivity index (χ0n) is 14.3. The van der Waals surface area contributed by atoms with E-state index in [0.29, 0.717) is 43.0 Å².